The first-order chi connectivity index (χ1) is 10.9. The number of amides is 1. The molecule has 0 radical (unpaired) electrons. The van der Waals surface area contributed by atoms with E-state index in [0.29, 0.717) is 18.1 Å². The molecule has 7 heteroatoms. The van der Waals surface area contributed by atoms with Crippen LogP contribution in [0.2, 0.25) is 0 Å². The molecule has 0 fully saturated rings. The molecule has 5 nitrogen and oxygen atoms in total. The Balaban J connectivity index is 0.00000288. The first kappa shape index (κ1) is 20.1. The molecule has 1 heterocycles. The molecule has 0 spiro atoms. The number of hydrogen-bond acceptors (Lipinski definition) is 3. The summed E-state index contributed by atoms with van der Waals surface area (Å²) in [5, 5.41) is 5.95. The molecule has 1 aromatic carbocycles. The zero-order chi connectivity index (χ0) is 17.0. The summed E-state index contributed by atoms with van der Waals surface area (Å²) in [7, 11) is 0. The van der Waals surface area contributed by atoms with Crippen molar-refractivity contribution in [2.45, 2.75) is 27.3 Å². The number of nitrogens with two attached hydrogens (primary N) is 1. The summed E-state index contributed by atoms with van der Waals surface area (Å²) in [5.74, 6) is 0.765. The summed E-state index contributed by atoms with van der Waals surface area (Å²) in [6.07, 6.45) is 0. The van der Waals surface area contributed by atoms with Crippen molar-refractivity contribution in [1.29, 1.82) is 0 Å². The number of carbonyl (C=O) groups excluding carboxylic acids is 1. The average Bonchev–Trinajstić information content (AvgIpc) is 2.48. The van der Waals surface area contributed by atoms with E-state index in [2.05, 4.69) is 48.5 Å². The molecule has 130 valence electrons. The molecule has 0 aliphatic rings. The Morgan fingerprint density at radius 1 is 1.21 bits per heavy atom. The minimum Gasteiger partial charge on any atom is -1.00 e. The number of H-pyrrole nitrogens is 1. The Hall–Kier alpha value is -1.98. The lowest BCUT2D eigenvalue weighted by molar-refractivity contribution is -0.342. The number of nitrogens with one attached hydrogen (secondary N) is 3. The van der Waals surface area contributed by atoms with E-state index in [1.54, 1.807) is 6.07 Å². The highest BCUT2D eigenvalue weighted by atomic mass is 35.5. The van der Waals surface area contributed by atoms with Crippen molar-refractivity contribution in [3.8, 4) is 0 Å². The van der Waals surface area contributed by atoms with E-state index >= 15 is 0 Å². The Morgan fingerprint density at radius 2 is 1.83 bits per heavy atom. The van der Waals surface area contributed by atoms with E-state index in [1.807, 2.05) is 6.07 Å². The molecule has 5 N–H and O–H groups in total. The summed E-state index contributed by atoms with van der Waals surface area (Å²) in [6, 6.07) is 7.92. The van der Waals surface area contributed by atoms with Gasteiger partial charge in [-0.25, -0.2) is 4.98 Å². The molecule has 2 rings (SSSR count). The summed E-state index contributed by atoms with van der Waals surface area (Å²) >= 11 is 5.47. The largest absolute Gasteiger partial charge is 1.00 e. The van der Waals surface area contributed by atoms with Gasteiger partial charge < -0.3 is 28.8 Å². The number of rotatable bonds is 5. The zero-order valence-corrected chi connectivity index (χ0v) is 15.5. The van der Waals surface area contributed by atoms with Crippen LogP contribution >= 0.6 is 11.6 Å². The molecule has 0 saturated carbocycles. The molecule has 0 aliphatic heterocycles. The minimum atomic E-state index is -0.293. The van der Waals surface area contributed by atoms with Crippen molar-refractivity contribution in [1.82, 2.24) is 0 Å². The molecule has 1 amide bonds. The maximum absolute atomic E-state index is 11.3. The predicted molar refractivity (Wildman–Crippen MR) is 94.7 cm³/mol. The van der Waals surface area contributed by atoms with E-state index in [1.165, 1.54) is 22.3 Å². The summed E-state index contributed by atoms with van der Waals surface area (Å²) < 4.78 is 0. The summed E-state index contributed by atoms with van der Waals surface area (Å²) in [6.45, 7) is 7.01. The van der Waals surface area contributed by atoms with Crippen molar-refractivity contribution < 1.29 is 22.2 Å². The molecule has 0 bridgehead atoms. The fraction of sp³-hybridized carbons (Fsp3) is 0.294. The Bertz CT molecular complexity index is 712. The number of benzene rings is 1. The van der Waals surface area contributed by atoms with Crippen LogP contribution in [0.4, 0.5) is 17.3 Å². The van der Waals surface area contributed by atoms with Crippen LogP contribution in [0, 0.1) is 20.8 Å². The topological polar surface area (TPSA) is 81.3 Å². The van der Waals surface area contributed by atoms with E-state index < -0.39 is 0 Å². The van der Waals surface area contributed by atoms with Crippen LogP contribution < -0.4 is 33.8 Å². The number of pyridine rings is 1. The van der Waals surface area contributed by atoms with Gasteiger partial charge in [0.15, 0.2) is 0 Å². The number of halogens is 2. The van der Waals surface area contributed by atoms with Gasteiger partial charge in [-0.1, -0.05) is 17.7 Å². The number of anilines is 3. The van der Waals surface area contributed by atoms with Crippen LogP contribution in [0.25, 0.3) is 0 Å². The smallest absolute Gasteiger partial charge is 0.241 e. The monoisotopic (exact) mass is 368 g/mol. The van der Waals surface area contributed by atoms with Gasteiger partial charge in [-0.05, 0) is 43.5 Å². The highest BCUT2D eigenvalue weighted by molar-refractivity contribution is 6.29. The average molecular weight is 369 g/mol. The summed E-state index contributed by atoms with van der Waals surface area (Å²) in [4.78, 5) is 14.3. The number of carbonyl (C=O) groups is 1. The molecule has 0 atom stereocenters. The van der Waals surface area contributed by atoms with Crippen LogP contribution in [0.15, 0.2) is 24.3 Å². The van der Waals surface area contributed by atoms with Crippen molar-refractivity contribution >= 4 is 34.8 Å². The van der Waals surface area contributed by atoms with Crippen LogP contribution in [0.5, 0.6) is 0 Å². The molecule has 0 aliphatic carbocycles. The lowest BCUT2D eigenvalue weighted by Gasteiger charge is -2.11. The third-order valence-corrected chi connectivity index (χ3v) is 3.91. The van der Waals surface area contributed by atoms with E-state index in [0.717, 1.165) is 5.82 Å². The maximum atomic E-state index is 11.3. The first-order valence-corrected chi connectivity index (χ1v) is 7.92. The second-order valence-electron chi connectivity index (χ2n) is 5.61. The Kier molecular flexibility index (Phi) is 7.32. The molecular weight excluding hydrogens is 347 g/mol. The van der Waals surface area contributed by atoms with Crippen molar-refractivity contribution in [2.75, 3.05) is 22.2 Å². The lowest BCUT2D eigenvalue weighted by atomic mass is 10.00. The zero-order valence-electron chi connectivity index (χ0n) is 14.0. The van der Waals surface area contributed by atoms with Crippen LogP contribution in [0.1, 0.15) is 22.3 Å². The second kappa shape index (κ2) is 8.76. The first-order valence-electron chi connectivity index (χ1n) is 7.39. The predicted octanol–water partition coefficient (Wildman–Crippen LogP) is -0.198. The quantitative estimate of drug-likeness (QED) is 0.639. The Labute approximate surface area is 153 Å². The number of hydrogen-bond donors (Lipinski definition) is 3. The van der Waals surface area contributed by atoms with Crippen LogP contribution in [-0.2, 0) is 11.3 Å². The number of nitrogen functional groups attached to an aromatic ring is 1. The molecule has 0 saturated heterocycles. The fourth-order valence-electron chi connectivity index (χ4n) is 2.58. The van der Waals surface area contributed by atoms with Crippen molar-refractivity contribution in [2.24, 2.45) is 0 Å². The van der Waals surface area contributed by atoms with Crippen LogP contribution in [0.3, 0.4) is 0 Å². The highest BCUT2D eigenvalue weighted by Crippen LogP contribution is 2.19. The lowest BCUT2D eigenvalue weighted by Crippen LogP contribution is -3.00. The number of aromatic amines is 1. The van der Waals surface area contributed by atoms with E-state index in [-0.39, 0.29) is 24.2 Å². The number of aromatic nitrogens is 1. The Morgan fingerprint density at radius 3 is 2.38 bits per heavy atom. The fourth-order valence-corrected chi connectivity index (χ4v) is 2.65. The van der Waals surface area contributed by atoms with Crippen LogP contribution in [-0.4, -0.2) is 11.8 Å². The van der Waals surface area contributed by atoms with Gasteiger partial charge in [0.25, 0.3) is 0 Å². The van der Waals surface area contributed by atoms with Gasteiger partial charge in [-0.15, -0.1) is 11.6 Å². The third-order valence-electron chi connectivity index (χ3n) is 3.67. The SMILES string of the molecule is Cc1cc(C)c(CNc2ccc(NC(=O)CCl)c(N)[nH+]2)c(C)c1.[Cl-]. The standard InChI is InChI=1S/C17H21ClN4O.ClH/c1-10-6-11(2)13(12(3)7-10)9-20-15-5-4-14(17(19)22-15)21-16(23)8-18;/h4-7H,8-9H2,1-3H3,(H,21,23)(H3,19,20,22);1H. The summed E-state index contributed by atoms with van der Waals surface area (Å²) in [5.41, 5.74) is 11.5. The molecule has 0 unspecified atom stereocenters. The maximum Gasteiger partial charge on any atom is 0.241 e. The van der Waals surface area contributed by atoms with Gasteiger partial charge in [-0.3, -0.25) is 4.79 Å². The van der Waals surface area contributed by atoms with Gasteiger partial charge in [0, 0.05) is 6.07 Å². The van der Waals surface area contributed by atoms with Gasteiger partial charge in [0.2, 0.25) is 17.5 Å². The molecular formula is C17H22Cl2N4O. The van der Waals surface area contributed by atoms with E-state index in [4.69, 9.17) is 17.3 Å². The second-order valence-corrected chi connectivity index (χ2v) is 5.88. The van der Waals surface area contributed by atoms with Crippen molar-refractivity contribution in [3.05, 3.63) is 46.5 Å². The highest BCUT2D eigenvalue weighted by Gasteiger charge is 2.11. The van der Waals surface area contributed by atoms with Gasteiger partial charge >= 0.3 is 0 Å². The molecule has 1 aromatic heterocycles. The molecule has 2 aromatic rings. The molecule has 24 heavy (non-hydrogen) atoms. The number of aryl methyl sites for hydroxylation is 3. The number of alkyl halides is 1. The van der Waals surface area contributed by atoms with Gasteiger partial charge in [0.05, 0.1) is 6.54 Å². The van der Waals surface area contributed by atoms with Gasteiger partial charge in [-0.2, -0.15) is 0 Å². The van der Waals surface area contributed by atoms with Gasteiger partial charge in [0.1, 0.15) is 11.6 Å². The third kappa shape index (κ3) is 5.01. The minimum absolute atomic E-state index is 0. The normalized spacial score (nSPS) is 10.0. The van der Waals surface area contributed by atoms with Crippen molar-refractivity contribution in [3.63, 3.8) is 0 Å². The van der Waals surface area contributed by atoms with E-state index in [9.17, 15) is 4.79 Å².